The predicted molar refractivity (Wildman–Crippen MR) is 137 cm³/mol. The van der Waals surface area contributed by atoms with E-state index in [1.807, 2.05) is 24.5 Å². The van der Waals surface area contributed by atoms with Crippen molar-refractivity contribution in [2.24, 2.45) is 7.05 Å². The molecule has 4 heteroatoms. The summed E-state index contributed by atoms with van der Waals surface area (Å²) in [5.74, 6) is 0.957. The number of imidazole rings is 1. The Morgan fingerprint density at radius 2 is 1.09 bits per heavy atom. The maximum absolute atomic E-state index is 5.29. The molecule has 7 aromatic rings. The standard InChI is InChI=1S/C29H20N4/c1-17-18-9-3-5-11-20(18)24(21-12-6-4-10-19(17)21)29-32-27-22-13-7-15-30-25(22)26-23(14-8-16-31-26)28(27)33(29)2/h3-16H,1-2H3. The molecule has 0 fully saturated rings. The highest BCUT2D eigenvalue weighted by atomic mass is 15.1. The molecule has 0 aliphatic carbocycles. The zero-order valence-electron chi connectivity index (χ0n) is 18.4. The molecule has 0 saturated heterocycles. The fourth-order valence-electron chi connectivity index (χ4n) is 5.38. The number of hydrogen-bond acceptors (Lipinski definition) is 3. The summed E-state index contributed by atoms with van der Waals surface area (Å²) in [5.41, 5.74) is 6.32. The van der Waals surface area contributed by atoms with Crippen molar-refractivity contribution in [1.82, 2.24) is 19.5 Å². The van der Waals surface area contributed by atoms with Gasteiger partial charge in [-0.05, 0) is 58.3 Å². The lowest BCUT2D eigenvalue weighted by atomic mass is 9.92. The van der Waals surface area contributed by atoms with Crippen LogP contribution >= 0.6 is 0 Å². The minimum Gasteiger partial charge on any atom is -0.326 e. The van der Waals surface area contributed by atoms with Crippen LogP contribution < -0.4 is 0 Å². The van der Waals surface area contributed by atoms with Crippen LogP contribution in [0.15, 0.2) is 85.2 Å². The van der Waals surface area contributed by atoms with E-state index in [4.69, 9.17) is 9.97 Å². The van der Waals surface area contributed by atoms with Gasteiger partial charge in [0.25, 0.3) is 0 Å². The van der Waals surface area contributed by atoms with E-state index in [1.165, 1.54) is 32.7 Å². The minimum absolute atomic E-state index is 0.892. The van der Waals surface area contributed by atoms with Crippen molar-refractivity contribution in [2.45, 2.75) is 6.92 Å². The summed E-state index contributed by atoms with van der Waals surface area (Å²) in [6.45, 7) is 2.21. The highest BCUT2D eigenvalue weighted by molar-refractivity contribution is 6.22. The third-order valence-corrected chi connectivity index (χ3v) is 6.87. The van der Waals surface area contributed by atoms with Crippen molar-refractivity contribution in [3.05, 3.63) is 90.8 Å². The van der Waals surface area contributed by atoms with Crippen LogP contribution in [0, 0.1) is 6.92 Å². The largest absolute Gasteiger partial charge is 0.326 e. The third kappa shape index (κ3) is 2.38. The molecule has 4 nitrogen and oxygen atoms in total. The third-order valence-electron chi connectivity index (χ3n) is 6.87. The Labute approximate surface area is 190 Å². The van der Waals surface area contributed by atoms with Crippen molar-refractivity contribution < 1.29 is 0 Å². The van der Waals surface area contributed by atoms with Gasteiger partial charge in [0, 0.05) is 35.8 Å². The second-order valence-corrected chi connectivity index (χ2v) is 8.58. The molecule has 3 aromatic heterocycles. The maximum Gasteiger partial charge on any atom is 0.142 e. The number of aryl methyl sites for hydroxylation is 2. The van der Waals surface area contributed by atoms with Crippen LogP contribution in [0.25, 0.3) is 65.8 Å². The Bertz CT molecular complexity index is 1840. The number of fused-ring (bicyclic) bond motifs is 8. The fraction of sp³-hybridized carbons (Fsp3) is 0.0690. The maximum atomic E-state index is 5.29. The molecule has 4 aromatic carbocycles. The monoisotopic (exact) mass is 424 g/mol. The summed E-state index contributed by atoms with van der Waals surface area (Å²) in [5, 5.41) is 7.06. The zero-order chi connectivity index (χ0) is 22.1. The molecule has 0 saturated carbocycles. The lowest BCUT2D eigenvalue weighted by Crippen LogP contribution is -1.97. The first-order valence-corrected chi connectivity index (χ1v) is 11.1. The Morgan fingerprint density at radius 3 is 1.73 bits per heavy atom. The normalized spacial score (nSPS) is 11.9. The second kappa shape index (κ2) is 6.59. The van der Waals surface area contributed by atoms with Gasteiger partial charge in [0.2, 0.25) is 0 Å². The summed E-state index contributed by atoms with van der Waals surface area (Å²) in [6.07, 6.45) is 3.66. The average Bonchev–Trinajstić information content (AvgIpc) is 3.22. The van der Waals surface area contributed by atoms with Crippen LogP contribution in [0.2, 0.25) is 0 Å². The van der Waals surface area contributed by atoms with E-state index in [0.717, 1.165) is 38.7 Å². The molecule has 0 unspecified atom stereocenters. The van der Waals surface area contributed by atoms with Crippen molar-refractivity contribution in [3.8, 4) is 11.4 Å². The minimum atomic E-state index is 0.892. The summed E-state index contributed by atoms with van der Waals surface area (Å²) in [7, 11) is 2.11. The van der Waals surface area contributed by atoms with Crippen LogP contribution in [0.1, 0.15) is 5.56 Å². The second-order valence-electron chi connectivity index (χ2n) is 8.58. The lowest BCUT2D eigenvalue weighted by molar-refractivity contribution is 0.965. The number of rotatable bonds is 1. The van der Waals surface area contributed by atoms with Gasteiger partial charge in [0.15, 0.2) is 0 Å². The molecule has 7 rings (SSSR count). The summed E-state index contributed by atoms with van der Waals surface area (Å²) < 4.78 is 2.23. The predicted octanol–water partition coefficient (Wildman–Crippen LogP) is 6.95. The van der Waals surface area contributed by atoms with Gasteiger partial charge >= 0.3 is 0 Å². The van der Waals surface area contributed by atoms with Crippen LogP contribution in [0.5, 0.6) is 0 Å². The molecule has 156 valence electrons. The molecule has 0 aliphatic heterocycles. The van der Waals surface area contributed by atoms with E-state index in [9.17, 15) is 0 Å². The van der Waals surface area contributed by atoms with Gasteiger partial charge in [0.1, 0.15) is 5.82 Å². The van der Waals surface area contributed by atoms with E-state index >= 15 is 0 Å². The van der Waals surface area contributed by atoms with Crippen LogP contribution in [0.4, 0.5) is 0 Å². The topological polar surface area (TPSA) is 43.6 Å². The van der Waals surface area contributed by atoms with Gasteiger partial charge in [0.05, 0.1) is 22.1 Å². The van der Waals surface area contributed by atoms with Crippen LogP contribution in [0.3, 0.4) is 0 Å². The molecule has 33 heavy (non-hydrogen) atoms. The molecule has 0 N–H and O–H groups in total. The van der Waals surface area contributed by atoms with Gasteiger partial charge in [-0.15, -0.1) is 0 Å². The van der Waals surface area contributed by atoms with E-state index in [1.54, 1.807) is 0 Å². The van der Waals surface area contributed by atoms with Gasteiger partial charge in [-0.25, -0.2) is 4.98 Å². The van der Waals surface area contributed by atoms with Crippen LogP contribution in [-0.2, 0) is 7.05 Å². The Hall–Kier alpha value is -4.31. The quantitative estimate of drug-likeness (QED) is 0.211. The van der Waals surface area contributed by atoms with Gasteiger partial charge in [-0.1, -0.05) is 48.5 Å². The first kappa shape index (κ1) is 18.3. The molecule has 0 bridgehead atoms. The number of nitrogens with zero attached hydrogens (tertiary/aromatic N) is 4. The first-order valence-electron chi connectivity index (χ1n) is 11.1. The number of pyridine rings is 2. The molecular formula is C29H20N4. The molecule has 0 radical (unpaired) electrons. The molecule has 3 heterocycles. The Kier molecular flexibility index (Phi) is 3.65. The molecule has 0 spiro atoms. The van der Waals surface area contributed by atoms with Crippen LogP contribution in [-0.4, -0.2) is 19.5 Å². The van der Waals surface area contributed by atoms with E-state index < -0.39 is 0 Å². The molecule has 0 atom stereocenters. The van der Waals surface area contributed by atoms with Crippen molar-refractivity contribution in [1.29, 1.82) is 0 Å². The van der Waals surface area contributed by atoms with Gasteiger partial charge < -0.3 is 4.57 Å². The van der Waals surface area contributed by atoms with Gasteiger partial charge in [-0.3, -0.25) is 9.97 Å². The summed E-state index contributed by atoms with van der Waals surface area (Å²) >= 11 is 0. The van der Waals surface area contributed by atoms with Crippen molar-refractivity contribution >= 4 is 54.4 Å². The zero-order valence-corrected chi connectivity index (χ0v) is 18.4. The smallest absolute Gasteiger partial charge is 0.142 e. The molecular weight excluding hydrogens is 404 g/mol. The molecule has 0 aliphatic rings. The Morgan fingerprint density at radius 1 is 0.576 bits per heavy atom. The summed E-state index contributed by atoms with van der Waals surface area (Å²) in [6, 6.07) is 25.5. The highest BCUT2D eigenvalue weighted by Crippen LogP contribution is 2.41. The van der Waals surface area contributed by atoms with E-state index in [0.29, 0.717) is 0 Å². The Balaban J connectivity index is 1.74. The summed E-state index contributed by atoms with van der Waals surface area (Å²) in [4.78, 5) is 14.6. The highest BCUT2D eigenvalue weighted by Gasteiger charge is 2.21. The van der Waals surface area contributed by atoms with Crippen molar-refractivity contribution in [2.75, 3.05) is 0 Å². The average molecular weight is 425 g/mol. The lowest BCUT2D eigenvalue weighted by Gasteiger charge is -2.15. The SMILES string of the molecule is Cc1c2ccccc2c(-c2nc3c4cccnc4c4ncccc4c3n2C)c2ccccc12. The van der Waals surface area contributed by atoms with Crippen molar-refractivity contribution in [3.63, 3.8) is 0 Å². The molecule has 0 amide bonds. The number of hydrogen-bond donors (Lipinski definition) is 0. The van der Waals surface area contributed by atoms with E-state index in [-0.39, 0.29) is 0 Å². The number of aromatic nitrogens is 4. The first-order chi connectivity index (χ1) is 16.2. The van der Waals surface area contributed by atoms with Gasteiger partial charge in [-0.2, -0.15) is 0 Å². The van der Waals surface area contributed by atoms with E-state index in [2.05, 4.69) is 84.2 Å². The number of benzene rings is 4. The fourth-order valence-corrected chi connectivity index (χ4v) is 5.38.